The van der Waals surface area contributed by atoms with Crippen molar-refractivity contribution in [1.82, 2.24) is 15.7 Å². The van der Waals surface area contributed by atoms with Gasteiger partial charge in [0.25, 0.3) is 11.8 Å². The number of phenols is 1. The van der Waals surface area contributed by atoms with Gasteiger partial charge in [0, 0.05) is 31.5 Å². The lowest BCUT2D eigenvalue weighted by Crippen LogP contribution is -2.37. The highest BCUT2D eigenvalue weighted by atomic mass is 16.7. The number of aromatic carboxylic acids is 1. The molecular formula is C27H31N5O8. The summed E-state index contributed by atoms with van der Waals surface area (Å²) in [4.78, 5) is 63.3. The van der Waals surface area contributed by atoms with Crippen LogP contribution in [-0.4, -0.2) is 58.1 Å². The molecule has 1 heterocycles. The number of carboxylic acid groups (broad SMARTS) is 1. The predicted octanol–water partition coefficient (Wildman–Crippen LogP) is 4.08. The number of imide groups is 1. The molecule has 4 N–H and O–H groups in total. The smallest absolute Gasteiger partial charge is 0.432 e. The Hall–Kier alpha value is -4.81. The number of carboxylic acids is 1. The van der Waals surface area contributed by atoms with Gasteiger partial charge in [-0.3, -0.25) is 14.4 Å². The number of hydrogen-bond donors (Lipinski definition) is 4. The zero-order valence-electron chi connectivity index (χ0n) is 22.0. The first-order valence-corrected chi connectivity index (χ1v) is 12.8. The lowest BCUT2D eigenvalue weighted by atomic mass is 9.98. The molecule has 13 nitrogen and oxygen atoms in total. The first kappa shape index (κ1) is 29.7. The number of azo groups is 1. The number of carbonyl (C=O) groups is 5. The molecule has 1 unspecified atom stereocenters. The second-order valence-corrected chi connectivity index (χ2v) is 9.08. The number of carbonyl (C=O) groups excluding carboxylic acids is 4. The van der Waals surface area contributed by atoms with Gasteiger partial charge in [-0.05, 0) is 50.1 Å². The van der Waals surface area contributed by atoms with Gasteiger partial charge in [0.1, 0.15) is 11.4 Å². The summed E-state index contributed by atoms with van der Waals surface area (Å²) in [6, 6.07) is 10.6. The maximum atomic E-state index is 12.6. The fourth-order valence-electron chi connectivity index (χ4n) is 3.88. The Morgan fingerprint density at radius 3 is 2.27 bits per heavy atom. The molecule has 1 aliphatic rings. The van der Waals surface area contributed by atoms with Gasteiger partial charge in [-0.1, -0.05) is 25.0 Å². The predicted molar refractivity (Wildman–Crippen MR) is 141 cm³/mol. The van der Waals surface area contributed by atoms with Crippen molar-refractivity contribution in [2.24, 2.45) is 10.2 Å². The molecule has 0 spiro atoms. The van der Waals surface area contributed by atoms with Gasteiger partial charge in [0.15, 0.2) is 0 Å². The van der Waals surface area contributed by atoms with Crippen molar-refractivity contribution in [3.05, 3.63) is 53.6 Å². The van der Waals surface area contributed by atoms with Crippen LogP contribution in [-0.2, 0) is 19.2 Å². The standard InChI is InChI=1S/C27H31N5O8/c1-17(20-16-18(10-11-22(20)33)30-31-21-9-5-4-8-19(21)26(37)38)25(36)28-14-6-2-3-7-15-29-27(39)40-32-23(34)12-13-24(32)35/h4-5,8-11,16-17,33H,2-3,6-7,12-15H2,1H3,(H,28,36)(H,29,39)(H,37,38)/b31-30+. The first-order chi connectivity index (χ1) is 19.2. The monoisotopic (exact) mass is 553 g/mol. The van der Waals surface area contributed by atoms with Crippen molar-refractivity contribution in [3.8, 4) is 5.75 Å². The summed E-state index contributed by atoms with van der Waals surface area (Å²) >= 11 is 0. The highest BCUT2D eigenvalue weighted by Crippen LogP contribution is 2.31. The number of nitrogens with one attached hydrogen (secondary N) is 2. The van der Waals surface area contributed by atoms with Gasteiger partial charge in [0.2, 0.25) is 5.91 Å². The zero-order chi connectivity index (χ0) is 29.1. The summed E-state index contributed by atoms with van der Waals surface area (Å²) in [7, 11) is 0. The van der Waals surface area contributed by atoms with Crippen LogP contribution in [0, 0.1) is 0 Å². The minimum Gasteiger partial charge on any atom is -0.508 e. The third-order valence-corrected chi connectivity index (χ3v) is 6.13. The normalized spacial score (nSPS) is 13.9. The molecule has 13 heteroatoms. The van der Waals surface area contributed by atoms with Crippen molar-refractivity contribution in [1.29, 1.82) is 0 Å². The SMILES string of the molecule is CC(C(=O)NCCCCCCNC(=O)ON1C(=O)CCC1=O)c1cc(/N=N/c2ccccc2C(=O)O)ccc1O. The molecule has 1 atom stereocenters. The molecule has 3 rings (SSSR count). The van der Waals surface area contributed by atoms with Gasteiger partial charge in [0.05, 0.1) is 17.2 Å². The molecule has 2 aromatic carbocycles. The van der Waals surface area contributed by atoms with Crippen molar-refractivity contribution in [2.75, 3.05) is 13.1 Å². The third-order valence-electron chi connectivity index (χ3n) is 6.13. The average molecular weight is 554 g/mol. The minimum absolute atomic E-state index is 0.00432. The number of unbranched alkanes of at least 4 members (excludes halogenated alkanes) is 3. The molecule has 0 bridgehead atoms. The summed E-state index contributed by atoms with van der Waals surface area (Å²) in [6.45, 7) is 2.39. The maximum absolute atomic E-state index is 12.6. The Labute approximate surface area is 230 Å². The number of rotatable bonds is 13. The van der Waals surface area contributed by atoms with Crippen LogP contribution in [0.3, 0.4) is 0 Å². The number of amides is 4. The minimum atomic E-state index is -1.13. The molecular weight excluding hydrogens is 522 g/mol. The van der Waals surface area contributed by atoms with Crippen molar-refractivity contribution in [2.45, 2.75) is 51.4 Å². The Morgan fingerprint density at radius 2 is 1.60 bits per heavy atom. The van der Waals surface area contributed by atoms with Crippen LogP contribution >= 0.6 is 0 Å². The summed E-state index contributed by atoms with van der Waals surface area (Å²) in [5.74, 6) is -3.23. The summed E-state index contributed by atoms with van der Waals surface area (Å²) in [6.07, 6.45) is 2.11. The molecule has 4 amide bonds. The molecule has 1 aliphatic heterocycles. The van der Waals surface area contributed by atoms with E-state index in [9.17, 15) is 34.2 Å². The molecule has 2 aromatic rings. The number of aromatic hydroxyl groups is 1. The molecule has 0 aliphatic carbocycles. The van der Waals surface area contributed by atoms with E-state index in [4.69, 9.17) is 4.84 Å². The third kappa shape index (κ3) is 8.35. The molecule has 212 valence electrons. The highest BCUT2D eigenvalue weighted by molar-refractivity contribution is 6.01. The second kappa shape index (κ2) is 14.4. The Bertz CT molecular complexity index is 1280. The zero-order valence-corrected chi connectivity index (χ0v) is 22.0. The molecule has 40 heavy (non-hydrogen) atoms. The van der Waals surface area contributed by atoms with E-state index in [1.165, 1.54) is 30.3 Å². The maximum Gasteiger partial charge on any atom is 0.432 e. The fourth-order valence-corrected chi connectivity index (χ4v) is 3.88. The van der Waals surface area contributed by atoms with E-state index in [2.05, 4.69) is 20.9 Å². The van der Waals surface area contributed by atoms with Crippen LogP contribution in [0.5, 0.6) is 5.75 Å². The van der Waals surface area contributed by atoms with Crippen LogP contribution in [0.25, 0.3) is 0 Å². The fraction of sp³-hybridized carbons (Fsp3) is 0.370. The molecule has 0 saturated carbocycles. The summed E-state index contributed by atoms with van der Waals surface area (Å²) in [5, 5.41) is 33.5. The average Bonchev–Trinajstić information content (AvgIpc) is 3.25. The van der Waals surface area contributed by atoms with Gasteiger partial charge >= 0.3 is 12.1 Å². The molecule has 1 saturated heterocycles. The van der Waals surface area contributed by atoms with Crippen LogP contribution in [0.15, 0.2) is 52.7 Å². The lowest BCUT2D eigenvalue weighted by molar-refractivity contribution is -0.171. The van der Waals surface area contributed by atoms with E-state index in [0.29, 0.717) is 42.2 Å². The quantitative estimate of drug-likeness (QED) is 0.162. The van der Waals surface area contributed by atoms with E-state index in [-0.39, 0.29) is 35.7 Å². The molecule has 0 radical (unpaired) electrons. The Balaban J connectivity index is 1.38. The summed E-state index contributed by atoms with van der Waals surface area (Å²) in [5.41, 5.74) is 0.894. The van der Waals surface area contributed by atoms with Crippen LogP contribution in [0.1, 0.15) is 67.3 Å². The van der Waals surface area contributed by atoms with Crippen molar-refractivity contribution < 1.29 is 39.0 Å². The van der Waals surface area contributed by atoms with Crippen molar-refractivity contribution in [3.63, 3.8) is 0 Å². The van der Waals surface area contributed by atoms with E-state index in [0.717, 1.165) is 12.8 Å². The van der Waals surface area contributed by atoms with Gasteiger partial charge in [-0.2, -0.15) is 5.11 Å². The Morgan fingerprint density at radius 1 is 0.950 bits per heavy atom. The Kier molecular flexibility index (Phi) is 10.7. The topological polar surface area (TPSA) is 187 Å². The number of benzene rings is 2. The molecule has 1 fully saturated rings. The van der Waals surface area contributed by atoms with E-state index in [1.54, 1.807) is 19.1 Å². The molecule has 0 aromatic heterocycles. The number of hydrogen-bond acceptors (Lipinski definition) is 9. The number of phenolic OH excluding ortho intramolecular Hbond substituents is 1. The van der Waals surface area contributed by atoms with Crippen LogP contribution in [0.2, 0.25) is 0 Å². The largest absolute Gasteiger partial charge is 0.508 e. The lowest BCUT2D eigenvalue weighted by Gasteiger charge is -2.14. The van der Waals surface area contributed by atoms with E-state index in [1.807, 2.05) is 0 Å². The van der Waals surface area contributed by atoms with E-state index >= 15 is 0 Å². The van der Waals surface area contributed by atoms with Gasteiger partial charge in [-0.25, -0.2) is 9.59 Å². The van der Waals surface area contributed by atoms with E-state index < -0.39 is 29.8 Å². The second-order valence-electron chi connectivity index (χ2n) is 9.08. The van der Waals surface area contributed by atoms with Crippen LogP contribution in [0.4, 0.5) is 16.2 Å². The first-order valence-electron chi connectivity index (χ1n) is 12.8. The number of nitrogens with zero attached hydrogens (tertiary/aromatic N) is 3. The van der Waals surface area contributed by atoms with Crippen LogP contribution < -0.4 is 10.6 Å². The highest BCUT2D eigenvalue weighted by Gasteiger charge is 2.32. The van der Waals surface area contributed by atoms with Gasteiger partial charge in [-0.15, -0.1) is 10.2 Å². The van der Waals surface area contributed by atoms with Gasteiger partial charge < -0.3 is 25.7 Å². The van der Waals surface area contributed by atoms with Crippen molar-refractivity contribution >= 4 is 41.2 Å². The summed E-state index contributed by atoms with van der Waals surface area (Å²) < 4.78 is 0. The number of hydroxylamine groups is 2.